The maximum atomic E-state index is 13.8. The Balaban J connectivity index is 7.02. The van der Waals surface area contributed by atoms with Crippen molar-refractivity contribution in [3.8, 4) is 0 Å². The number of hydrogen-bond donors (Lipinski definition) is 1. The van der Waals surface area contributed by atoms with E-state index in [9.17, 15) is 96.6 Å². The molecule has 0 spiro atoms. The van der Waals surface area contributed by atoms with Crippen molar-refractivity contribution in [1.82, 2.24) is 0 Å². The van der Waals surface area contributed by atoms with E-state index < -0.39 is 97.4 Å². The van der Waals surface area contributed by atoms with Gasteiger partial charge < -0.3 is 5.11 Å². The number of aliphatic hydroxyl groups is 1. The van der Waals surface area contributed by atoms with Crippen LogP contribution in [0, 0.1) is 0 Å². The van der Waals surface area contributed by atoms with Gasteiger partial charge in [-0.2, -0.15) is 96.6 Å². The van der Waals surface area contributed by atoms with Gasteiger partial charge in [0, 0.05) is 19.4 Å². The molecule has 0 rings (SSSR count). The largest absolute Gasteiger partial charge is 0.396 e. The molecule has 0 aliphatic carbocycles. The minimum absolute atomic E-state index is 0.0998. The molecule has 0 aromatic heterocycles. The first kappa shape index (κ1) is 40.4. The van der Waals surface area contributed by atoms with Gasteiger partial charge in [-0.05, 0) is 6.42 Å². The molecule has 0 amide bonds. The molecule has 0 heterocycles. The Bertz CT molecular complexity index is 907. The summed E-state index contributed by atoms with van der Waals surface area (Å²) < 4.78 is 301. The van der Waals surface area contributed by atoms with Gasteiger partial charge in [-0.1, -0.05) is 26.2 Å². The Morgan fingerprint density at radius 3 is 0.810 bits per heavy atom. The lowest BCUT2D eigenvalue weighted by Gasteiger charge is -2.45. The minimum Gasteiger partial charge on any atom is -0.396 e. The van der Waals surface area contributed by atoms with Gasteiger partial charge in [0.1, 0.15) is 0 Å². The lowest BCUT2D eigenvalue weighted by molar-refractivity contribution is -0.474. The van der Waals surface area contributed by atoms with E-state index in [0.717, 1.165) is 0 Å². The van der Waals surface area contributed by atoms with Crippen LogP contribution in [0.3, 0.4) is 0 Å². The summed E-state index contributed by atoms with van der Waals surface area (Å²) in [6, 6.07) is 0. The van der Waals surface area contributed by atoms with Crippen LogP contribution >= 0.6 is 0 Å². The Labute approximate surface area is 220 Å². The van der Waals surface area contributed by atoms with Gasteiger partial charge in [-0.3, -0.25) is 0 Å². The molecule has 0 atom stereocenters. The molecule has 0 radical (unpaired) electrons. The molecule has 0 aliphatic rings. The predicted molar refractivity (Wildman–Crippen MR) is 94.9 cm³/mol. The highest BCUT2D eigenvalue weighted by Gasteiger charge is 2.98. The van der Waals surface area contributed by atoms with Crippen molar-refractivity contribution in [2.45, 2.75) is 111 Å². The molecule has 0 aromatic rings. The summed E-state index contributed by atoms with van der Waals surface area (Å²) in [6.45, 7) is -0.978. The van der Waals surface area contributed by atoms with Crippen molar-refractivity contribution in [3.63, 3.8) is 0 Å². The number of halogens is 22. The van der Waals surface area contributed by atoms with Crippen molar-refractivity contribution >= 4 is 0 Å². The van der Waals surface area contributed by atoms with Crippen LogP contribution in [-0.4, -0.2) is 76.9 Å². The molecule has 1 N–H and O–H groups in total. The Morgan fingerprint density at radius 2 is 0.571 bits per heavy atom. The summed E-state index contributed by atoms with van der Waals surface area (Å²) in [5.41, 5.74) is 0. The monoisotopic (exact) mass is 680 g/mol. The summed E-state index contributed by atoms with van der Waals surface area (Å²) in [4.78, 5) is 0. The standard InChI is InChI=1S/C19H18F22O/c1-2-3-4-5-6-9(20,21)11(24,25)13(28,29)15(32,33)17(36,37)19(40,41)18(38,39)16(34,35)14(30,31)12(26,27)10(22,23)7-8-42/h42H,2-8H2,1H3. The van der Waals surface area contributed by atoms with Crippen LogP contribution in [0.25, 0.3) is 0 Å². The molecule has 0 aliphatic heterocycles. The van der Waals surface area contributed by atoms with E-state index in [2.05, 4.69) is 0 Å². The number of unbranched alkanes of at least 4 members (excludes halogenated alkanes) is 3. The van der Waals surface area contributed by atoms with E-state index in [4.69, 9.17) is 5.11 Å². The molecule has 42 heavy (non-hydrogen) atoms. The van der Waals surface area contributed by atoms with Crippen LogP contribution in [0.4, 0.5) is 96.6 Å². The van der Waals surface area contributed by atoms with Crippen LogP contribution in [0.1, 0.15) is 45.4 Å². The predicted octanol–water partition coefficient (Wildman–Crippen LogP) is 9.33. The molecule has 0 fully saturated rings. The smallest absolute Gasteiger partial charge is 0.385 e. The van der Waals surface area contributed by atoms with Gasteiger partial charge in [-0.25, -0.2) is 0 Å². The van der Waals surface area contributed by atoms with Crippen molar-refractivity contribution in [2.75, 3.05) is 6.61 Å². The highest BCUT2D eigenvalue weighted by Crippen LogP contribution is 2.67. The quantitative estimate of drug-likeness (QED) is 0.120. The van der Waals surface area contributed by atoms with E-state index >= 15 is 0 Å². The lowest BCUT2D eigenvalue weighted by atomic mass is 9.84. The van der Waals surface area contributed by atoms with E-state index in [1.807, 2.05) is 0 Å². The first-order chi connectivity index (χ1) is 18.1. The van der Waals surface area contributed by atoms with Crippen LogP contribution in [0.5, 0.6) is 0 Å². The normalized spacial score (nSPS) is 16.3. The third-order valence-electron chi connectivity index (χ3n) is 5.84. The summed E-state index contributed by atoms with van der Waals surface area (Å²) in [5, 5.41) is 8.11. The Morgan fingerprint density at radius 1 is 0.333 bits per heavy atom. The fourth-order valence-corrected chi connectivity index (χ4v) is 3.07. The maximum absolute atomic E-state index is 13.8. The van der Waals surface area contributed by atoms with Crippen LogP contribution in [0.15, 0.2) is 0 Å². The zero-order chi connectivity index (χ0) is 34.4. The number of alkyl halides is 22. The second-order valence-electron chi connectivity index (χ2n) is 8.86. The van der Waals surface area contributed by atoms with Crippen LogP contribution < -0.4 is 0 Å². The minimum atomic E-state index is -9.28. The van der Waals surface area contributed by atoms with Crippen molar-refractivity contribution in [3.05, 3.63) is 0 Å². The van der Waals surface area contributed by atoms with Crippen molar-refractivity contribution < 1.29 is 102 Å². The summed E-state index contributed by atoms with van der Waals surface area (Å²) in [7, 11) is 0. The SMILES string of the molecule is CCCCCCC(F)(F)C(F)(F)C(F)(F)C(F)(F)C(F)(F)C(F)(F)C(F)(F)C(F)(F)C(F)(F)C(F)(F)C(F)(F)CCO. The summed E-state index contributed by atoms with van der Waals surface area (Å²) >= 11 is 0. The second kappa shape index (κ2) is 11.4. The zero-order valence-electron chi connectivity index (χ0n) is 20.2. The highest BCUT2D eigenvalue weighted by atomic mass is 19.4. The molecule has 23 heteroatoms. The molecular formula is C19H18F22O. The first-order valence-electron chi connectivity index (χ1n) is 10.9. The van der Waals surface area contributed by atoms with Gasteiger partial charge in [0.05, 0.1) is 0 Å². The van der Waals surface area contributed by atoms with E-state index in [1.165, 1.54) is 6.92 Å². The number of rotatable bonds is 17. The molecule has 0 saturated carbocycles. The molecule has 0 bridgehead atoms. The molecule has 0 unspecified atom stereocenters. The molecule has 254 valence electrons. The van der Waals surface area contributed by atoms with Crippen molar-refractivity contribution in [1.29, 1.82) is 0 Å². The zero-order valence-corrected chi connectivity index (χ0v) is 20.2. The average Bonchev–Trinajstić information content (AvgIpc) is 2.80. The van der Waals surface area contributed by atoms with Gasteiger partial charge in [-0.15, -0.1) is 0 Å². The molecule has 0 aromatic carbocycles. The van der Waals surface area contributed by atoms with Gasteiger partial charge in [0.25, 0.3) is 0 Å². The van der Waals surface area contributed by atoms with Gasteiger partial charge in [0.2, 0.25) is 0 Å². The van der Waals surface area contributed by atoms with E-state index in [0.29, 0.717) is 0 Å². The fourth-order valence-electron chi connectivity index (χ4n) is 3.07. The lowest BCUT2D eigenvalue weighted by Crippen LogP contribution is -2.77. The molecule has 1 nitrogen and oxygen atoms in total. The maximum Gasteiger partial charge on any atom is 0.385 e. The van der Waals surface area contributed by atoms with Gasteiger partial charge >= 0.3 is 65.1 Å². The van der Waals surface area contributed by atoms with Gasteiger partial charge in [0.15, 0.2) is 0 Å². The molecular weight excluding hydrogens is 662 g/mol. The Kier molecular flexibility index (Phi) is 11.0. The second-order valence-corrected chi connectivity index (χ2v) is 8.86. The summed E-state index contributed by atoms with van der Waals surface area (Å²) in [6.07, 6.45) is -7.34. The van der Waals surface area contributed by atoms with E-state index in [1.54, 1.807) is 0 Å². The topological polar surface area (TPSA) is 20.2 Å². The fraction of sp³-hybridized carbons (Fsp3) is 1.00. The number of aliphatic hydroxyl groups excluding tert-OH is 1. The number of hydrogen-bond acceptors (Lipinski definition) is 1. The average molecular weight is 680 g/mol. The summed E-state index contributed by atoms with van der Waals surface area (Å²) in [5.74, 6) is -92.3. The first-order valence-corrected chi connectivity index (χ1v) is 10.9. The molecule has 0 saturated heterocycles. The van der Waals surface area contributed by atoms with E-state index in [-0.39, 0.29) is 12.8 Å². The third-order valence-corrected chi connectivity index (χ3v) is 5.84. The Hall–Kier alpha value is -1.58. The third kappa shape index (κ3) is 5.44. The van der Waals surface area contributed by atoms with Crippen molar-refractivity contribution in [2.24, 2.45) is 0 Å². The van der Waals surface area contributed by atoms with Crippen LogP contribution in [-0.2, 0) is 0 Å². The van der Waals surface area contributed by atoms with Crippen LogP contribution in [0.2, 0.25) is 0 Å². The highest BCUT2D eigenvalue weighted by molar-refractivity contribution is 5.19.